The summed E-state index contributed by atoms with van der Waals surface area (Å²) in [5.41, 5.74) is 0.896. The van der Waals surface area contributed by atoms with Crippen LogP contribution in [0.4, 0.5) is 10.1 Å². The summed E-state index contributed by atoms with van der Waals surface area (Å²) in [6, 6.07) is 4.46. The number of amides is 1. The lowest BCUT2D eigenvalue weighted by molar-refractivity contribution is -0.141. The molecule has 1 aromatic carbocycles. The molecule has 0 saturated carbocycles. The number of carboxylic acid groups (broad SMARTS) is 1. The zero-order valence-corrected chi connectivity index (χ0v) is 11.8. The van der Waals surface area contributed by atoms with Gasteiger partial charge in [-0.25, -0.2) is 4.39 Å². The van der Waals surface area contributed by atoms with E-state index in [0.717, 1.165) is 0 Å². The number of aliphatic carboxylic acids is 1. The standard InChI is InChI=1S/C14H19FN2O3/c1-9-4-5-11(6-12(9)15)16-13(18)8-17(3)7-10(2)14(19)20/h4-6,10H,7-8H2,1-3H3,(H,16,18)(H,19,20). The van der Waals surface area contributed by atoms with Crippen molar-refractivity contribution in [2.75, 3.05) is 25.5 Å². The van der Waals surface area contributed by atoms with Crippen LogP contribution in [0, 0.1) is 18.7 Å². The maximum Gasteiger partial charge on any atom is 0.307 e. The number of carbonyl (C=O) groups excluding carboxylic acids is 1. The maximum absolute atomic E-state index is 13.3. The second-order valence-corrected chi connectivity index (χ2v) is 4.95. The van der Waals surface area contributed by atoms with Crippen LogP contribution in [0.1, 0.15) is 12.5 Å². The average Bonchev–Trinajstić information content (AvgIpc) is 2.33. The van der Waals surface area contributed by atoms with E-state index in [2.05, 4.69) is 5.32 Å². The zero-order chi connectivity index (χ0) is 15.3. The molecule has 0 aliphatic rings. The first kappa shape index (κ1) is 16.1. The molecular weight excluding hydrogens is 263 g/mol. The van der Waals surface area contributed by atoms with Crippen molar-refractivity contribution in [3.05, 3.63) is 29.6 Å². The van der Waals surface area contributed by atoms with Gasteiger partial charge in [-0.15, -0.1) is 0 Å². The van der Waals surface area contributed by atoms with Crippen molar-refractivity contribution in [3.8, 4) is 0 Å². The first-order valence-corrected chi connectivity index (χ1v) is 6.27. The number of hydrogen-bond acceptors (Lipinski definition) is 3. The minimum Gasteiger partial charge on any atom is -0.481 e. The molecule has 1 atom stereocenters. The fraction of sp³-hybridized carbons (Fsp3) is 0.429. The predicted octanol–water partition coefficient (Wildman–Crippen LogP) is 1.73. The van der Waals surface area contributed by atoms with Gasteiger partial charge in [0.1, 0.15) is 5.82 Å². The van der Waals surface area contributed by atoms with E-state index in [0.29, 0.717) is 11.3 Å². The molecule has 1 rings (SSSR count). The Kier molecular flexibility index (Phi) is 5.64. The molecule has 20 heavy (non-hydrogen) atoms. The first-order valence-electron chi connectivity index (χ1n) is 6.27. The van der Waals surface area contributed by atoms with Gasteiger partial charge in [-0.05, 0) is 31.7 Å². The molecule has 5 nitrogen and oxygen atoms in total. The summed E-state index contributed by atoms with van der Waals surface area (Å²) >= 11 is 0. The highest BCUT2D eigenvalue weighted by Crippen LogP contribution is 2.13. The van der Waals surface area contributed by atoms with Crippen molar-refractivity contribution >= 4 is 17.6 Å². The highest BCUT2D eigenvalue weighted by molar-refractivity contribution is 5.92. The van der Waals surface area contributed by atoms with Gasteiger partial charge in [-0.3, -0.25) is 14.5 Å². The van der Waals surface area contributed by atoms with E-state index in [9.17, 15) is 14.0 Å². The van der Waals surface area contributed by atoms with E-state index >= 15 is 0 Å². The summed E-state index contributed by atoms with van der Waals surface area (Å²) in [4.78, 5) is 24.1. The normalized spacial score (nSPS) is 12.2. The lowest BCUT2D eigenvalue weighted by atomic mass is 10.2. The summed E-state index contributed by atoms with van der Waals surface area (Å²) in [5, 5.41) is 11.4. The molecule has 0 aliphatic carbocycles. The van der Waals surface area contributed by atoms with Crippen LogP contribution in [0.15, 0.2) is 18.2 Å². The molecule has 6 heteroatoms. The lowest BCUT2D eigenvalue weighted by Gasteiger charge is -2.18. The summed E-state index contributed by atoms with van der Waals surface area (Å²) in [6.45, 7) is 3.53. The molecular formula is C14H19FN2O3. The molecule has 1 amide bonds. The Hall–Kier alpha value is -1.95. The number of carbonyl (C=O) groups is 2. The molecule has 110 valence electrons. The largest absolute Gasteiger partial charge is 0.481 e. The van der Waals surface area contributed by atoms with Gasteiger partial charge < -0.3 is 10.4 Å². The molecule has 0 saturated heterocycles. The second-order valence-electron chi connectivity index (χ2n) is 4.95. The number of hydrogen-bond donors (Lipinski definition) is 2. The Morgan fingerprint density at radius 1 is 1.45 bits per heavy atom. The number of benzene rings is 1. The van der Waals surface area contributed by atoms with Gasteiger partial charge in [0, 0.05) is 12.2 Å². The van der Waals surface area contributed by atoms with Gasteiger partial charge in [0.15, 0.2) is 0 Å². The highest BCUT2D eigenvalue weighted by atomic mass is 19.1. The Bertz CT molecular complexity index is 505. The number of halogens is 1. The van der Waals surface area contributed by atoms with Crippen LogP contribution >= 0.6 is 0 Å². The fourth-order valence-electron chi connectivity index (χ4n) is 1.73. The molecule has 0 bridgehead atoms. The summed E-state index contributed by atoms with van der Waals surface area (Å²) in [5.74, 6) is -2.15. The van der Waals surface area contributed by atoms with Crippen molar-refractivity contribution in [2.24, 2.45) is 5.92 Å². The van der Waals surface area contributed by atoms with Crippen molar-refractivity contribution in [1.29, 1.82) is 0 Å². The van der Waals surface area contributed by atoms with Crippen molar-refractivity contribution < 1.29 is 19.1 Å². The lowest BCUT2D eigenvalue weighted by Crippen LogP contribution is -2.35. The second kappa shape index (κ2) is 7.00. The van der Waals surface area contributed by atoms with Gasteiger partial charge in [0.25, 0.3) is 0 Å². The van der Waals surface area contributed by atoms with E-state index in [1.165, 1.54) is 6.07 Å². The quantitative estimate of drug-likeness (QED) is 0.833. The zero-order valence-electron chi connectivity index (χ0n) is 11.8. The number of rotatable bonds is 6. The molecule has 0 radical (unpaired) electrons. The number of carboxylic acids is 1. The molecule has 0 spiro atoms. The summed E-state index contributed by atoms with van der Waals surface area (Å²) in [7, 11) is 1.66. The molecule has 0 aliphatic heterocycles. The topological polar surface area (TPSA) is 69.6 Å². The number of aryl methyl sites for hydroxylation is 1. The minimum atomic E-state index is -0.905. The van der Waals surface area contributed by atoms with Crippen LogP contribution < -0.4 is 5.32 Å². The maximum atomic E-state index is 13.3. The summed E-state index contributed by atoms with van der Waals surface area (Å²) in [6.07, 6.45) is 0. The van der Waals surface area contributed by atoms with Gasteiger partial charge in [-0.1, -0.05) is 13.0 Å². The number of nitrogens with one attached hydrogen (secondary N) is 1. The molecule has 2 N–H and O–H groups in total. The first-order chi connectivity index (χ1) is 9.29. The van der Waals surface area contributed by atoms with Gasteiger partial charge >= 0.3 is 5.97 Å². The smallest absolute Gasteiger partial charge is 0.307 e. The van der Waals surface area contributed by atoms with Gasteiger partial charge in [0.05, 0.1) is 12.5 Å². The van der Waals surface area contributed by atoms with E-state index in [-0.39, 0.29) is 24.8 Å². The Morgan fingerprint density at radius 2 is 2.10 bits per heavy atom. The molecule has 0 fully saturated rings. The third-order valence-corrected chi connectivity index (χ3v) is 2.88. The Labute approximate surface area is 117 Å². The van der Waals surface area contributed by atoms with Crippen LogP contribution in [-0.4, -0.2) is 42.0 Å². The van der Waals surface area contributed by atoms with E-state index in [1.54, 1.807) is 37.9 Å². The third kappa shape index (κ3) is 4.97. The Balaban J connectivity index is 2.50. The van der Waals surface area contributed by atoms with Crippen LogP contribution in [-0.2, 0) is 9.59 Å². The molecule has 1 aromatic rings. The van der Waals surface area contributed by atoms with Crippen LogP contribution in [0.3, 0.4) is 0 Å². The third-order valence-electron chi connectivity index (χ3n) is 2.88. The number of likely N-dealkylation sites (N-methyl/N-ethyl adjacent to an activating group) is 1. The minimum absolute atomic E-state index is 0.0487. The highest BCUT2D eigenvalue weighted by Gasteiger charge is 2.15. The van der Waals surface area contributed by atoms with E-state index in [4.69, 9.17) is 5.11 Å². The van der Waals surface area contributed by atoms with Gasteiger partial charge in [0.2, 0.25) is 5.91 Å². The fourth-order valence-corrected chi connectivity index (χ4v) is 1.73. The van der Waals surface area contributed by atoms with Crippen LogP contribution in [0.2, 0.25) is 0 Å². The van der Waals surface area contributed by atoms with Crippen LogP contribution in [0.5, 0.6) is 0 Å². The SMILES string of the molecule is Cc1ccc(NC(=O)CN(C)CC(C)C(=O)O)cc1F. The van der Waals surface area contributed by atoms with Crippen molar-refractivity contribution in [3.63, 3.8) is 0 Å². The predicted molar refractivity (Wildman–Crippen MR) is 74.1 cm³/mol. The Morgan fingerprint density at radius 3 is 2.65 bits per heavy atom. The van der Waals surface area contributed by atoms with Gasteiger partial charge in [-0.2, -0.15) is 0 Å². The number of nitrogens with zero attached hydrogens (tertiary/aromatic N) is 1. The van der Waals surface area contributed by atoms with E-state index < -0.39 is 11.9 Å². The number of anilines is 1. The summed E-state index contributed by atoms with van der Waals surface area (Å²) < 4.78 is 13.3. The van der Waals surface area contributed by atoms with E-state index in [1.807, 2.05) is 0 Å². The van der Waals surface area contributed by atoms with Crippen molar-refractivity contribution in [1.82, 2.24) is 4.90 Å². The average molecular weight is 282 g/mol. The molecule has 1 unspecified atom stereocenters. The molecule has 0 heterocycles. The molecule has 0 aromatic heterocycles. The van der Waals surface area contributed by atoms with Crippen molar-refractivity contribution in [2.45, 2.75) is 13.8 Å². The van der Waals surface area contributed by atoms with Crippen LogP contribution in [0.25, 0.3) is 0 Å². The monoisotopic (exact) mass is 282 g/mol.